The Bertz CT molecular complexity index is 1170. The molecular formula is C23H18N2O6. The van der Waals surface area contributed by atoms with Crippen molar-refractivity contribution < 1.29 is 28.6 Å². The average Bonchev–Trinajstić information content (AvgIpc) is 3.46. The van der Waals surface area contributed by atoms with Gasteiger partial charge < -0.3 is 19.1 Å². The van der Waals surface area contributed by atoms with E-state index in [4.69, 9.17) is 14.2 Å². The first-order chi connectivity index (χ1) is 15.1. The molecule has 2 aromatic rings. The summed E-state index contributed by atoms with van der Waals surface area (Å²) in [7, 11) is 1.29. The Kier molecular flexibility index (Phi) is 3.68. The fraction of sp³-hybridized carbons (Fsp3) is 0.261. The van der Waals surface area contributed by atoms with Gasteiger partial charge in [0.2, 0.25) is 18.6 Å². The predicted molar refractivity (Wildman–Crippen MR) is 108 cm³/mol. The summed E-state index contributed by atoms with van der Waals surface area (Å²) in [6.07, 6.45) is 3.69. The van der Waals surface area contributed by atoms with Crippen molar-refractivity contribution in [2.75, 3.05) is 18.8 Å². The number of esters is 1. The lowest BCUT2D eigenvalue weighted by Crippen LogP contribution is -2.44. The smallest absolute Gasteiger partial charge is 0.329 e. The zero-order valence-corrected chi connectivity index (χ0v) is 16.6. The summed E-state index contributed by atoms with van der Waals surface area (Å²) >= 11 is 0. The van der Waals surface area contributed by atoms with Gasteiger partial charge in [0.05, 0.1) is 30.7 Å². The van der Waals surface area contributed by atoms with E-state index < -0.39 is 35.8 Å². The third-order valence-electron chi connectivity index (χ3n) is 6.52. The number of fused-ring (bicyclic) bond motifs is 6. The molecule has 8 nitrogen and oxygen atoms in total. The lowest BCUT2D eigenvalue weighted by atomic mass is 9.84. The minimum Gasteiger partial charge on any atom is -0.467 e. The van der Waals surface area contributed by atoms with E-state index in [0.717, 1.165) is 11.1 Å². The van der Waals surface area contributed by atoms with Crippen LogP contribution in [0.2, 0.25) is 0 Å². The first kappa shape index (κ1) is 18.0. The first-order valence-corrected chi connectivity index (χ1v) is 10.00. The van der Waals surface area contributed by atoms with E-state index >= 15 is 0 Å². The minimum absolute atomic E-state index is 0.0937. The van der Waals surface area contributed by atoms with Gasteiger partial charge in [-0.1, -0.05) is 24.3 Å². The molecule has 4 atom stereocenters. The molecule has 4 aliphatic rings. The lowest BCUT2D eigenvalue weighted by molar-refractivity contribution is -0.148. The number of ether oxygens (including phenoxy) is 3. The highest BCUT2D eigenvalue weighted by atomic mass is 16.7. The molecule has 0 spiro atoms. The van der Waals surface area contributed by atoms with Crippen molar-refractivity contribution in [3.8, 4) is 11.5 Å². The van der Waals surface area contributed by atoms with Crippen molar-refractivity contribution in [2.45, 2.75) is 12.1 Å². The van der Waals surface area contributed by atoms with Gasteiger partial charge in [-0.05, 0) is 29.3 Å². The van der Waals surface area contributed by atoms with Crippen molar-refractivity contribution in [3.63, 3.8) is 0 Å². The van der Waals surface area contributed by atoms with E-state index in [-0.39, 0.29) is 12.7 Å². The van der Waals surface area contributed by atoms with Gasteiger partial charge in [-0.2, -0.15) is 0 Å². The molecule has 0 radical (unpaired) electrons. The van der Waals surface area contributed by atoms with Crippen molar-refractivity contribution in [1.29, 1.82) is 0 Å². The van der Waals surface area contributed by atoms with Crippen LogP contribution in [0.25, 0.3) is 6.08 Å². The number of hydrogen-bond acceptors (Lipinski definition) is 7. The molecule has 4 aliphatic heterocycles. The number of benzene rings is 2. The molecule has 0 unspecified atom stereocenters. The number of rotatable bonds is 2. The average molecular weight is 418 g/mol. The Labute approximate surface area is 177 Å². The molecule has 2 saturated heterocycles. The predicted octanol–water partition coefficient (Wildman–Crippen LogP) is 2.10. The molecule has 0 bridgehead atoms. The van der Waals surface area contributed by atoms with Crippen LogP contribution >= 0.6 is 0 Å². The second-order valence-electron chi connectivity index (χ2n) is 7.91. The van der Waals surface area contributed by atoms with Crippen LogP contribution in [0.15, 0.2) is 48.7 Å². The zero-order valence-electron chi connectivity index (χ0n) is 16.6. The second-order valence-corrected chi connectivity index (χ2v) is 7.91. The second kappa shape index (κ2) is 6.34. The van der Waals surface area contributed by atoms with E-state index in [1.807, 2.05) is 30.3 Å². The van der Waals surface area contributed by atoms with Crippen LogP contribution in [0, 0.1) is 11.8 Å². The number of methoxy groups -OCH3 is 1. The number of anilines is 1. The largest absolute Gasteiger partial charge is 0.467 e. The van der Waals surface area contributed by atoms with E-state index in [9.17, 15) is 14.4 Å². The number of hydrogen-bond donors (Lipinski definition) is 0. The highest BCUT2D eigenvalue weighted by molar-refractivity contribution is 6.24. The topological polar surface area (TPSA) is 85.4 Å². The quantitative estimate of drug-likeness (QED) is 0.545. The molecule has 0 aliphatic carbocycles. The maximum Gasteiger partial charge on any atom is 0.329 e. The van der Waals surface area contributed by atoms with E-state index in [1.54, 1.807) is 29.3 Å². The van der Waals surface area contributed by atoms with Gasteiger partial charge in [0.25, 0.3) is 0 Å². The van der Waals surface area contributed by atoms with Crippen LogP contribution in [0.1, 0.15) is 17.2 Å². The SMILES string of the molecule is COC(=O)[C@@H]1[C@@H]2C(=O)N(c3ccc4c(c3)OCO4)C(=O)[C@H]2[C@@H]2c3ccccc3C=CN12. The van der Waals surface area contributed by atoms with Crippen LogP contribution in [-0.4, -0.2) is 42.6 Å². The lowest BCUT2D eigenvalue weighted by Gasteiger charge is -2.34. The Morgan fingerprint density at radius 3 is 2.65 bits per heavy atom. The van der Waals surface area contributed by atoms with Crippen molar-refractivity contribution >= 4 is 29.5 Å². The van der Waals surface area contributed by atoms with Crippen molar-refractivity contribution in [1.82, 2.24) is 4.90 Å². The molecule has 2 aromatic carbocycles. The fourth-order valence-corrected chi connectivity index (χ4v) is 5.23. The van der Waals surface area contributed by atoms with Crippen molar-refractivity contribution in [2.24, 2.45) is 11.8 Å². The summed E-state index contributed by atoms with van der Waals surface area (Å²) in [6, 6.07) is 11.4. The molecule has 0 aromatic heterocycles. The maximum absolute atomic E-state index is 13.6. The Morgan fingerprint density at radius 1 is 1.03 bits per heavy atom. The molecule has 31 heavy (non-hydrogen) atoms. The number of amides is 2. The number of carbonyl (C=O) groups is 3. The highest BCUT2D eigenvalue weighted by Gasteiger charge is 2.65. The number of nitrogens with zero attached hydrogens (tertiary/aromatic N) is 2. The van der Waals surface area contributed by atoms with Gasteiger partial charge in [-0.15, -0.1) is 0 Å². The van der Waals surface area contributed by atoms with E-state index in [2.05, 4.69) is 0 Å². The van der Waals surface area contributed by atoms with Gasteiger partial charge in [-0.3, -0.25) is 9.59 Å². The summed E-state index contributed by atoms with van der Waals surface area (Å²) in [5.41, 5.74) is 2.29. The monoisotopic (exact) mass is 418 g/mol. The van der Waals surface area contributed by atoms with Crippen LogP contribution < -0.4 is 14.4 Å². The van der Waals surface area contributed by atoms with Gasteiger partial charge in [0.15, 0.2) is 11.5 Å². The number of imide groups is 1. The summed E-state index contributed by atoms with van der Waals surface area (Å²) in [6.45, 7) is 0.0937. The number of carbonyl (C=O) groups excluding carboxylic acids is 3. The molecule has 4 heterocycles. The fourth-order valence-electron chi connectivity index (χ4n) is 5.23. The Balaban J connectivity index is 1.47. The molecule has 2 amide bonds. The van der Waals surface area contributed by atoms with Gasteiger partial charge in [0.1, 0.15) is 6.04 Å². The molecule has 0 N–H and O–H groups in total. The zero-order chi connectivity index (χ0) is 21.3. The van der Waals surface area contributed by atoms with Crippen LogP contribution in [0.3, 0.4) is 0 Å². The van der Waals surface area contributed by atoms with E-state index in [0.29, 0.717) is 17.2 Å². The molecule has 0 saturated carbocycles. The Morgan fingerprint density at radius 2 is 1.81 bits per heavy atom. The van der Waals surface area contributed by atoms with Gasteiger partial charge in [-0.25, -0.2) is 9.69 Å². The highest BCUT2D eigenvalue weighted by Crippen LogP contribution is 2.53. The maximum atomic E-state index is 13.6. The third kappa shape index (κ3) is 2.32. The molecule has 6 rings (SSSR count). The van der Waals surface area contributed by atoms with Crippen LogP contribution in [0.4, 0.5) is 5.69 Å². The molecule has 156 valence electrons. The molecule has 2 fully saturated rings. The van der Waals surface area contributed by atoms with E-state index in [1.165, 1.54) is 12.0 Å². The summed E-state index contributed by atoms with van der Waals surface area (Å²) < 4.78 is 15.8. The minimum atomic E-state index is -0.875. The van der Waals surface area contributed by atoms with Gasteiger partial charge >= 0.3 is 5.97 Å². The summed E-state index contributed by atoms with van der Waals surface area (Å²) in [5, 5.41) is 0. The van der Waals surface area contributed by atoms with Crippen LogP contribution in [-0.2, 0) is 19.1 Å². The third-order valence-corrected chi connectivity index (χ3v) is 6.52. The summed E-state index contributed by atoms with van der Waals surface area (Å²) in [5.74, 6) is -1.78. The van der Waals surface area contributed by atoms with Gasteiger partial charge in [0, 0.05) is 12.3 Å². The molecular weight excluding hydrogens is 400 g/mol. The van der Waals surface area contributed by atoms with Crippen LogP contribution in [0.5, 0.6) is 11.5 Å². The summed E-state index contributed by atoms with van der Waals surface area (Å²) in [4.78, 5) is 42.9. The first-order valence-electron chi connectivity index (χ1n) is 10.00. The molecule has 8 heteroatoms. The Hall–Kier alpha value is -3.81. The standard InChI is InChI=1S/C23H18N2O6/c1-29-23(28)20-18-17(19-14-5-3-2-4-12(14)8-9-24(19)20)21(26)25(22(18)27)13-6-7-15-16(10-13)31-11-30-15/h2-10,17-20H,11H2,1H3/t17-,18-,19+,20+/m1/s1. The van der Waals surface area contributed by atoms with Crippen molar-refractivity contribution in [3.05, 3.63) is 59.8 Å². The normalized spacial score (nSPS) is 27.3.